The maximum Gasteiger partial charge on any atom is 0.291 e. The van der Waals surface area contributed by atoms with E-state index in [9.17, 15) is 19.7 Å². The van der Waals surface area contributed by atoms with Crippen molar-refractivity contribution in [2.45, 2.75) is 11.9 Å². The van der Waals surface area contributed by atoms with Gasteiger partial charge in [-0.1, -0.05) is 30.3 Å². The third kappa shape index (κ3) is 3.38. The van der Waals surface area contributed by atoms with Crippen LogP contribution in [0.4, 0.5) is 16.2 Å². The summed E-state index contributed by atoms with van der Waals surface area (Å²) >= 11 is 0.922. The highest BCUT2D eigenvalue weighted by molar-refractivity contribution is 8.15. The molecule has 0 aromatic heterocycles. The van der Waals surface area contributed by atoms with Crippen molar-refractivity contribution in [3.05, 3.63) is 70.3 Å². The van der Waals surface area contributed by atoms with Crippen LogP contribution in [0.1, 0.15) is 5.56 Å². The molecule has 2 aromatic rings. The fraction of sp³-hybridized carbons (Fsp3) is 0.125. The fourth-order valence-corrected chi connectivity index (χ4v) is 3.18. The van der Waals surface area contributed by atoms with Gasteiger partial charge in [-0.2, -0.15) is 0 Å². The van der Waals surface area contributed by atoms with Gasteiger partial charge in [0.2, 0.25) is 0 Å². The Balaban J connectivity index is 1.69. The van der Waals surface area contributed by atoms with Crippen molar-refractivity contribution >= 4 is 34.3 Å². The summed E-state index contributed by atoms with van der Waals surface area (Å²) in [6.07, 6.45) is 0. The zero-order valence-electron chi connectivity index (χ0n) is 12.4. The summed E-state index contributed by atoms with van der Waals surface area (Å²) in [5.41, 5.74) is 1.38. The first-order valence-corrected chi connectivity index (χ1v) is 7.99. The van der Waals surface area contributed by atoms with E-state index in [1.807, 2.05) is 30.3 Å². The quantitative estimate of drug-likeness (QED) is 0.662. The van der Waals surface area contributed by atoms with Gasteiger partial charge in [0, 0.05) is 17.8 Å². The number of nitrogens with zero attached hydrogens (tertiary/aromatic N) is 2. The highest BCUT2D eigenvalue weighted by atomic mass is 32.2. The van der Waals surface area contributed by atoms with Crippen LogP contribution in [0.25, 0.3) is 0 Å². The van der Waals surface area contributed by atoms with Gasteiger partial charge in [-0.3, -0.25) is 24.6 Å². The highest BCUT2D eigenvalue weighted by Crippen LogP contribution is 2.29. The van der Waals surface area contributed by atoms with Crippen LogP contribution >= 0.6 is 11.8 Å². The lowest BCUT2D eigenvalue weighted by Crippen LogP contribution is -2.33. The molecule has 0 aliphatic carbocycles. The van der Waals surface area contributed by atoms with Crippen molar-refractivity contribution in [3.8, 4) is 0 Å². The predicted molar refractivity (Wildman–Crippen MR) is 90.5 cm³/mol. The smallest absolute Gasteiger partial charge is 0.291 e. The molecule has 2 aromatic carbocycles. The van der Waals surface area contributed by atoms with Crippen LogP contribution in [0.5, 0.6) is 0 Å². The third-order valence-corrected chi connectivity index (χ3v) is 4.47. The van der Waals surface area contributed by atoms with Crippen LogP contribution < -0.4 is 5.32 Å². The topological polar surface area (TPSA) is 92.6 Å². The van der Waals surface area contributed by atoms with Gasteiger partial charge in [0.05, 0.1) is 11.5 Å². The zero-order chi connectivity index (χ0) is 17.1. The number of thioether (sulfide) groups is 1. The normalized spacial score (nSPS) is 17.2. The van der Waals surface area contributed by atoms with E-state index in [0.29, 0.717) is 5.56 Å². The second kappa shape index (κ2) is 6.71. The first kappa shape index (κ1) is 16.0. The summed E-state index contributed by atoms with van der Waals surface area (Å²) in [4.78, 5) is 35.8. The number of carbonyl (C=O) groups excluding carboxylic acids is 2. The minimum Gasteiger partial charge on any atom is -0.365 e. The SMILES string of the molecule is O=C1S[C@H](Nc2ccccc2)C(=O)N1Cc1ccc([N+](=O)[O-])cc1. The lowest BCUT2D eigenvalue weighted by Gasteiger charge is -2.14. The number of nitro groups is 1. The monoisotopic (exact) mass is 343 g/mol. The van der Waals surface area contributed by atoms with E-state index in [4.69, 9.17) is 0 Å². The van der Waals surface area contributed by atoms with E-state index in [1.165, 1.54) is 12.1 Å². The van der Waals surface area contributed by atoms with Gasteiger partial charge in [-0.05, 0) is 29.5 Å². The summed E-state index contributed by atoms with van der Waals surface area (Å²) in [6.45, 7) is 0.0929. The van der Waals surface area contributed by atoms with Crippen molar-refractivity contribution in [3.63, 3.8) is 0 Å². The molecule has 0 spiro atoms. The second-order valence-electron chi connectivity index (χ2n) is 5.12. The van der Waals surface area contributed by atoms with E-state index in [-0.39, 0.29) is 23.4 Å². The van der Waals surface area contributed by atoms with Crippen LogP contribution in [0.2, 0.25) is 0 Å². The van der Waals surface area contributed by atoms with Crippen molar-refractivity contribution in [1.82, 2.24) is 4.90 Å². The van der Waals surface area contributed by atoms with Crippen molar-refractivity contribution in [2.24, 2.45) is 0 Å². The number of nitro benzene ring substituents is 1. The Kier molecular flexibility index (Phi) is 4.48. The average Bonchev–Trinajstić information content (AvgIpc) is 2.84. The summed E-state index contributed by atoms with van der Waals surface area (Å²) in [5, 5.41) is 12.7. The number of imide groups is 1. The molecular formula is C16H13N3O4S. The lowest BCUT2D eigenvalue weighted by molar-refractivity contribution is -0.384. The number of rotatable bonds is 5. The molecule has 24 heavy (non-hydrogen) atoms. The molecule has 0 unspecified atom stereocenters. The molecule has 1 atom stereocenters. The van der Waals surface area contributed by atoms with E-state index >= 15 is 0 Å². The number of nitrogens with one attached hydrogen (secondary N) is 1. The number of benzene rings is 2. The highest BCUT2D eigenvalue weighted by Gasteiger charge is 2.39. The minimum atomic E-state index is -0.669. The number of amides is 2. The van der Waals surface area contributed by atoms with Crippen molar-refractivity contribution < 1.29 is 14.5 Å². The van der Waals surface area contributed by atoms with Gasteiger partial charge >= 0.3 is 0 Å². The Bertz CT molecular complexity index is 780. The molecule has 1 heterocycles. The molecule has 1 N–H and O–H groups in total. The van der Waals surface area contributed by atoms with Crippen LogP contribution in [0.15, 0.2) is 54.6 Å². The van der Waals surface area contributed by atoms with E-state index in [2.05, 4.69) is 5.32 Å². The molecular weight excluding hydrogens is 330 g/mol. The van der Waals surface area contributed by atoms with Gasteiger partial charge < -0.3 is 5.32 Å². The van der Waals surface area contributed by atoms with Gasteiger partial charge in [0.1, 0.15) is 0 Å². The first-order chi connectivity index (χ1) is 11.5. The molecule has 122 valence electrons. The van der Waals surface area contributed by atoms with Crippen molar-refractivity contribution in [2.75, 3.05) is 5.32 Å². The molecule has 8 heteroatoms. The number of non-ortho nitro benzene ring substituents is 1. The number of hydrogen-bond donors (Lipinski definition) is 1. The third-order valence-electron chi connectivity index (χ3n) is 3.49. The van der Waals surface area contributed by atoms with Gasteiger partial charge in [0.15, 0.2) is 5.37 Å². The maximum atomic E-state index is 12.4. The molecule has 1 fully saturated rings. The Morgan fingerprint density at radius 2 is 1.75 bits per heavy atom. The largest absolute Gasteiger partial charge is 0.365 e. The van der Waals surface area contributed by atoms with E-state index in [0.717, 1.165) is 22.3 Å². The standard InChI is InChI=1S/C16H13N3O4S/c20-15-14(17-12-4-2-1-3-5-12)24-16(21)18(15)10-11-6-8-13(9-7-11)19(22)23/h1-9,14,17H,10H2/t14-/m0/s1. The van der Waals surface area contributed by atoms with E-state index < -0.39 is 10.3 Å². The number of para-hydroxylation sites is 1. The Morgan fingerprint density at radius 1 is 1.08 bits per heavy atom. The van der Waals surface area contributed by atoms with Gasteiger partial charge in [-0.25, -0.2) is 0 Å². The lowest BCUT2D eigenvalue weighted by atomic mass is 10.2. The van der Waals surface area contributed by atoms with E-state index in [1.54, 1.807) is 12.1 Å². The van der Waals surface area contributed by atoms with Crippen LogP contribution in [-0.2, 0) is 11.3 Å². The summed E-state index contributed by atoms with van der Waals surface area (Å²) in [7, 11) is 0. The van der Waals surface area contributed by atoms with Crippen LogP contribution in [0.3, 0.4) is 0 Å². The Morgan fingerprint density at radius 3 is 2.38 bits per heavy atom. The molecule has 2 amide bonds. The van der Waals surface area contributed by atoms with Crippen LogP contribution in [0, 0.1) is 10.1 Å². The number of anilines is 1. The number of hydrogen-bond acceptors (Lipinski definition) is 6. The molecule has 1 aliphatic rings. The second-order valence-corrected chi connectivity index (χ2v) is 6.18. The molecule has 0 bridgehead atoms. The molecule has 7 nitrogen and oxygen atoms in total. The molecule has 0 radical (unpaired) electrons. The minimum absolute atomic E-state index is 0.0316. The summed E-state index contributed by atoms with van der Waals surface area (Å²) in [5.74, 6) is -0.327. The summed E-state index contributed by atoms with van der Waals surface area (Å²) in [6, 6.07) is 15.0. The zero-order valence-corrected chi connectivity index (χ0v) is 13.2. The first-order valence-electron chi connectivity index (χ1n) is 7.11. The van der Waals surface area contributed by atoms with Crippen molar-refractivity contribution in [1.29, 1.82) is 0 Å². The van der Waals surface area contributed by atoms with Gasteiger partial charge in [-0.15, -0.1) is 0 Å². The predicted octanol–water partition coefficient (Wildman–Crippen LogP) is 3.23. The summed E-state index contributed by atoms with van der Waals surface area (Å²) < 4.78 is 0. The number of carbonyl (C=O) groups is 2. The Hall–Kier alpha value is -2.87. The molecule has 1 aliphatic heterocycles. The van der Waals surface area contributed by atoms with Crippen LogP contribution in [-0.4, -0.2) is 26.3 Å². The maximum absolute atomic E-state index is 12.4. The fourth-order valence-electron chi connectivity index (χ4n) is 2.27. The Labute approximate surface area is 141 Å². The molecule has 3 rings (SSSR count). The molecule has 0 saturated carbocycles. The van der Waals surface area contributed by atoms with Gasteiger partial charge in [0.25, 0.3) is 16.8 Å². The average molecular weight is 343 g/mol. The molecule has 1 saturated heterocycles.